The largest absolute Gasteiger partial charge is 0.416 e. The molecular weight excluding hydrogens is 446 g/mol. The van der Waals surface area contributed by atoms with Gasteiger partial charge in [-0.2, -0.15) is 32.8 Å². The van der Waals surface area contributed by atoms with Gasteiger partial charge >= 0.3 is 6.18 Å². The van der Waals surface area contributed by atoms with E-state index >= 15 is 0 Å². The van der Waals surface area contributed by atoms with E-state index in [-0.39, 0.29) is 9.90 Å². The average molecular weight is 473 g/mol. The summed E-state index contributed by atoms with van der Waals surface area (Å²) in [6, 6.07) is 13.8. The first-order chi connectivity index (χ1) is 15.4. The third kappa shape index (κ3) is 4.81. The molecule has 1 atom stereocenters. The highest BCUT2D eigenvalue weighted by Gasteiger charge is 2.31. The van der Waals surface area contributed by atoms with Gasteiger partial charge in [0.1, 0.15) is 5.84 Å². The molecule has 1 saturated heterocycles. The fourth-order valence-corrected chi connectivity index (χ4v) is 4.48. The normalized spacial score (nSPS) is 16.7. The van der Waals surface area contributed by atoms with E-state index in [0.29, 0.717) is 23.7 Å². The summed E-state index contributed by atoms with van der Waals surface area (Å²) in [5.41, 5.74) is 2.56. The van der Waals surface area contributed by atoms with Crippen LogP contribution in [0.1, 0.15) is 47.7 Å². The van der Waals surface area contributed by atoms with Gasteiger partial charge in [0.05, 0.1) is 5.56 Å². The highest BCUT2D eigenvalue weighted by atomic mass is 31.0. The summed E-state index contributed by atoms with van der Waals surface area (Å²) in [7, 11) is 0. The summed E-state index contributed by atoms with van der Waals surface area (Å²) in [6.45, 7) is 3.97. The van der Waals surface area contributed by atoms with Crippen molar-refractivity contribution in [3.05, 3.63) is 71.0 Å². The molecule has 0 radical (unpaired) electrons. The van der Waals surface area contributed by atoms with Gasteiger partial charge < -0.3 is 4.90 Å². The molecule has 2 aromatic carbocycles. The molecule has 1 aromatic heterocycles. The third-order valence-electron chi connectivity index (χ3n) is 6.37. The molecule has 0 saturated carbocycles. The van der Waals surface area contributed by atoms with Gasteiger partial charge in [-0.3, -0.25) is 0 Å². The second kappa shape index (κ2) is 9.26. The molecular formula is C24H27F3N5P. The minimum Gasteiger partial charge on any atom is -0.359 e. The summed E-state index contributed by atoms with van der Waals surface area (Å²) >= 11 is 0. The van der Waals surface area contributed by atoms with Crippen LogP contribution in [-0.2, 0) is 12.6 Å². The van der Waals surface area contributed by atoms with Crippen molar-refractivity contribution in [2.75, 3.05) is 13.1 Å². The highest BCUT2D eigenvalue weighted by Crippen LogP contribution is 2.32. The van der Waals surface area contributed by atoms with Gasteiger partial charge in [-0.05, 0) is 43.4 Å². The lowest BCUT2D eigenvalue weighted by atomic mass is 9.89. The highest BCUT2D eigenvalue weighted by molar-refractivity contribution is 6.92. The Hall–Kier alpha value is -2.73. The van der Waals surface area contributed by atoms with Crippen LogP contribution in [0.4, 0.5) is 13.2 Å². The van der Waals surface area contributed by atoms with Gasteiger partial charge in [-0.25, -0.2) is 0 Å². The molecule has 5 nitrogen and oxygen atoms in total. The van der Waals surface area contributed by atoms with Crippen molar-refractivity contribution in [3.8, 4) is 11.4 Å². The molecule has 0 bridgehead atoms. The van der Waals surface area contributed by atoms with Crippen LogP contribution in [0.15, 0.2) is 53.6 Å². The second-order valence-electron chi connectivity index (χ2n) is 8.51. The van der Waals surface area contributed by atoms with E-state index in [4.69, 9.17) is 5.10 Å². The number of rotatable bonds is 2. The van der Waals surface area contributed by atoms with Crippen molar-refractivity contribution in [2.24, 2.45) is 5.10 Å². The van der Waals surface area contributed by atoms with Crippen LogP contribution in [0.3, 0.4) is 0 Å². The Labute approximate surface area is 194 Å². The lowest BCUT2D eigenvalue weighted by Gasteiger charge is -2.35. The number of hydrogen-bond donors (Lipinski definition) is 0. The maximum atomic E-state index is 12.9. The first-order valence-corrected chi connectivity index (χ1v) is 10.9. The molecule has 0 N–H and O–H groups in total. The van der Waals surface area contributed by atoms with E-state index in [9.17, 15) is 13.2 Å². The molecule has 9 heteroatoms. The van der Waals surface area contributed by atoms with Gasteiger partial charge in [0.15, 0.2) is 11.6 Å². The lowest BCUT2D eigenvalue weighted by molar-refractivity contribution is -0.137. The number of fused-ring (bicyclic) bond motifs is 1. The lowest BCUT2D eigenvalue weighted by Crippen LogP contribution is -2.39. The van der Waals surface area contributed by atoms with Crippen LogP contribution in [0.2, 0.25) is 0 Å². The van der Waals surface area contributed by atoms with Crippen molar-refractivity contribution >= 4 is 15.7 Å². The minimum absolute atomic E-state index is 0. The molecule has 0 aliphatic carbocycles. The molecule has 33 heavy (non-hydrogen) atoms. The maximum absolute atomic E-state index is 12.9. The van der Waals surface area contributed by atoms with Gasteiger partial charge in [0, 0.05) is 31.5 Å². The molecule has 174 valence electrons. The van der Waals surface area contributed by atoms with E-state index in [0.717, 1.165) is 56.1 Å². The molecule has 1 fully saturated rings. The number of benzene rings is 2. The van der Waals surface area contributed by atoms with Gasteiger partial charge in [-0.1, -0.05) is 42.0 Å². The second-order valence-corrected chi connectivity index (χ2v) is 8.51. The summed E-state index contributed by atoms with van der Waals surface area (Å²) < 4.78 is 40.3. The summed E-state index contributed by atoms with van der Waals surface area (Å²) in [5.74, 6) is 2.76. The smallest absolute Gasteiger partial charge is 0.359 e. The fourth-order valence-electron chi connectivity index (χ4n) is 4.48. The van der Waals surface area contributed by atoms with Gasteiger partial charge in [0.2, 0.25) is 0 Å². The summed E-state index contributed by atoms with van der Waals surface area (Å²) in [4.78, 5) is 2.32. The number of hydrogen-bond acceptors (Lipinski definition) is 4. The van der Waals surface area contributed by atoms with Crippen molar-refractivity contribution < 1.29 is 13.2 Å². The number of piperidine rings is 1. The molecule has 0 amide bonds. The predicted molar refractivity (Wildman–Crippen MR) is 127 cm³/mol. The first kappa shape index (κ1) is 23.4. The van der Waals surface area contributed by atoms with Crippen molar-refractivity contribution in [3.63, 3.8) is 0 Å². The number of aromatic nitrogens is 3. The van der Waals surface area contributed by atoms with Crippen molar-refractivity contribution in [2.45, 2.75) is 44.7 Å². The third-order valence-corrected chi connectivity index (χ3v) is 6.37. The van der Waals surface area contributed by atoms with Crippen LogP contribution in [0, 0.1) is 6.92 Å². The fraction of sp³-hybridized carbons (Fsp3) is 0.375. The molecule has 2 aliphatic rings. The summed E-state index contributed by atoms with van der Waals surface area (Å²) in [5, 5.41) is 13.2. The van der Waals surface area contributed by atoms with E-state index in [1.165, 1.54) is 23.3 Å². The van der Waals surface area contributed by atoms with Gasteiger partial charge in [0.25, 0.3) is 0 Å². The number of amidine groups is 1. The molecule has 2 aliphatic heterocycles. The van der Waals surface area contributed by atoms with Crippen LogP contribution in [-0.4, -0.2) is 38.7 Å². The van der Waals surface area contributed by atoms with E-state index in [1.807, 2.05) is 0 Å². The molecule has 3 aromatic rings. The topological polar surface area (TPSA) is 46.3 Å². The number of likely N-dealkylation sites (tertiary alicyclic amines) is 1. The van der Waals surface area contributed by atoms with E-state index in [1.54, 1.807) is 4.68 Å². The monoisotopic (exact) mass is 473 g/mol. The first-order valence-electron chi connectivity index (χ1n) is 10.9. The molecule has 1 unspecified atom stereocenters. The number of nitrogens with zero attached hydrogens (tertiary/aromatic N) is 5. The van der Waals surface area contributed by atoms with Crippen molar-refractivity contribution in [1.29, 1.82) is 0 Å². The Balaban J connectivity index is 0.00000259. The Bertz CT molecular complexity index is 1130. The summed E-state index contributed by atoms with van der Waals surface area (Å²) in [6.07, 6.45) is -0.713. The number of aryl methyl sites for hydroxylation is 2. The zero-order valence-corrected chi connectivity index (χ0v) is 19.9. The molecule has 3 heterocycles. The van der Waals surface area contributed by atoms with Gasteiger partial charge in [-0.15, -0.1) is 10.2 Å². The van der Waals surface area contributed by atoms with Crippen LogP contribution in [0.5, 0.6) is 0 Å². The van der Waals surface area contributed by atoms with E-state index < -0.39 is 11.7 Å². The Morgan fingerprint density at radius 3 is 2.18 bits per heavy atom. The number of halogens is 3. The Morgan fingerprint density at radius 1 is 0.879 bits per heavy atom. The Morgan fingerprint density at radius 2 is 1.55 bits per heavy atom. The zero-order chi connectivity index (χ0) is 22.3. The average Bonchev–Trinajstić information content (AvgIpc) is 3.22. The van der Waals surface area contributed by atoms with Crippen molar-refractivity contribution in [1.82, 2.24) is 19.8 Å². The minimum atomic E-state index is -4.36. The molecule has 5 rings (SSSR count). The predicted octanol–water partition coefficient (Wildman–Crippen LogP) is 5.32. The zero-order valence-electron chi connectivity index (χ0n) is 18.5. The Kier molecular flexibility index (Phi) is 6.57. The SMILES string of the molecule is Cc1ccc(C2CCN(C3=Nn4c(nnc4-c4ccc(C(F)(F)F)cc4)CC3)CC2)cc1.P. The van der Waals surface area contributed by atoms with Crippen LogP contribution >= 0.6 is 9.90 Å². The quantitative estimate of drug-likeness (QED) is 0.474. The maximum Gasteiger partial charge on any atom is 0.416 e. The van der Waals surface area contributed by atoms with Crippen LogP contribution in [0.25, 0.3) is 11.4 Å². The van der Waals surface area contributed by atoms with E-state index in [2.05, 4.69) is 46.3 Å². The van der Waals surface area contributed by atoms with Crippen LogP contribution < -0.4 is 0 Å². The standard InChI is InChI=1S/C24H24F3N5.H3P/c1-16-2-4-17(5-3-16)18-12-14-31(15-13-18)22-11-10-21-28-29-23(32(21)30-22)19-6-8-20(9-7-19)24(25,26)27;/h2-9,18H,10-15H2,1H3;1H3. The molecule has 0 spiro atoms. The number of alkyl halides is 3.